The molecule has 0 aliphatic carbocycles. The maximum Gasteiger partial charge on any atom is 0.433 e. The minimum absolute atomic E-state index is 0.0253. The smallest absolute Gasteiger partial charge is 0.336 e. The molecule has 2 aromatic heterocycles. The molecule has 2 aliphatic heterocycles. The predicted octanol–water partition coefficient (Wildman–Crippen LogP) is 2.57. The van der Waals surface area contributed by atoms with Gasteiger partial charge in [0.05, 0.1) is 18.4 Å². The molecule has 0 bridgehead atoms. The number of nitrogens with zero attached hydrogens (tertiary/aromatic N) is 7. The zero-order valence-electron chi connectivity index (χ0n) is 16.6. The Morgan fingerprint density at radius 3 is 2.59 bits per heavy atom. The number of piperidine rings is 1. The van der Waals surface area contributed by atoms with Crippen LogP contribution >= 0.6 is 0 Å². The zero-order chi connectivity index (χ0) is 22.5. The number of carbonyl (C=O) groups is 1. The van der Waals surface area contributed by atoms with E-state index in [1.54, 1.807) is 11.0 Å². The number of halogens is 4. The standard InChI is InChI=1S/C20H17F4N7O/c21-13-2-1-3-14(31-26-7-8-27-31)17(13)18(32)29-9-5-12-10-30(15(12)11-29)19-25-6-4-16(28-19)20(22,23)24/h1-4,6-8,12,15H,5,9-11H2. The second kappa shape index (κ2) is 7.53. The molecule has 3 aromatic rings. The number of benzene rings is 1. The molecule has 1 aromatic carbocycles. The molecule has 2 unspecified atom stereocenters. The van der Waals surface area contributed by atoms with E-state index in [-0.39, 0.29) is 35.7 Å². The van der Waals surface area contributed by atoms with E-state index in [4.69, 9.17) is 0 Å². The van der Waals surface area contributed by atoms with E-state index in [2.05, 4.69) is 20.2 Å². The lowest BCUT2D eigenvalue weighted by atomic mass is 9.82. The highest BCUT2D eigenvalue weighted by molar-refractivity contribution is 5.98. The number of anilines is 1. The summed E-state index contributed by atoms with van der Waals surface area (Å²) in [6.45, 7) is 1.15. The lowest BCUT2D eigenvalue weighted by Gasteiger charge is -2.53. The maximum atomic E-state index is 14.7. The van der Waals surface area contributed by atoms with Crippen molar-refractivity contribution in [2.75, 3.05) is 24.5 Å². The molecule has 2 fully saturated rings. The van der Waals surface area contributed by atoms with Gasteiger partial charge in [0.25, 0.3) is 5.91 Å². The summed E-state index contributed by atoms with van der Waals surface area (Å²) in [7, 11) is 0. The Bertz CT molecular complexity index is 1150. The average molecular weight is 447 g/mol. The quantitative estimate of drug-likeness (QED) is 0.575. The van der Waals surface area contributed by atoms with Gasteiger partial charge in [-0.05, 0) is 24.6 Å². The molecule has 12 heteroatoms. The molecular weight excluding hydrogens is 430 g/mol. The van der Waals surface area contributed by atoms with Gasteiger partial charge in [-0.25, -0.2) is 14.4 Å². The van der Waals surface area contributed by atoms with Crippen molar-refractivity contribution in [3.8, 4) is 5.69 Å². The summed E-state index contributed by atoms with van der Waals surface area (Å²) in [6, 6.07) is 4.79. The number of likely N-dealkylation sites (tertiary alicyclic amines) is 1. The van der Waals surface area contributed by atoms with Gasteiger partial charge in [-0.1, -0.05) is 6.07 Å². The second-order valence-electron chi connectivity index (χ2n) is 7.71. The molecule has 4 heterocycles. The van der Waals surface area contributed by atoms with Crippen molar-refractivity contribution in [2.45, 2.75) is 18.6 Å². The van der Waals surface area contributed by atoms with Crippen molar-refractivity contribution < 1.29 is 22.4 Å². The Kier molecular flexibility index (Phi) is 4.79. The lowest BCUT2D eigenvalue weighted by Crippen LogP contribution is -2.65. The van der Waals surface area contributed by atoms with Gasteiger partial charge in [-0.3, -0.25) is 4.79 Å². The summed E-state index contributed by atoms with van der Waals surface area (Å²) in [6.07, 6.45) is -0.00117. The minimum Gasteiger partial charge on any atom is -0.336 e. The van der Waals surface area contributed by atoms with Crippen molar-refractivity contribution in [1.29, 1.82) is 0 Å². The van der Waals surface area contributed by atoms with Gasteiger partial charge < -0.3 is 9.80 Å². The van der Waals surface area contributed by atoms with E-state index >= 15 is 0 Å². The molecule has 0 spiro atoms. The van der Waals surface area contributed by atoms with Gasteiger partial charge in [-0.2, -0.15) is 28.2 Å². The van der Waals surface area contributed by atoms with Crippen LogP contribution in [0, 0.1) is 11.7 Å². The Hall–Kier alpha value is -3.57. The number of hydrogen-bond donors (Lipinski definition) is 0. The molecule has 2 atom stereocenters. The van der Waals surface area contributed by atoms with Crippen LogP contribution in [0.1, 0.15) is 22.5 Å². The number of rotatable bonds is 3. The first-order chi connectivity index (χ1) is 15.3. The number of alkyl halides is 3. The van der Waals surface area contributed by atoms with Crippen molar-refractivity contribution >= 4 is 11.9 Å². The SMILES string of the molecule is O=C(c1c(F)cccc1-n1nccn1)N1CCC2CN(c3nccc(C(F)(F)F)n3)C2C1. The molecule has 2 aliphatic rings. The van der Waals surface area contributed by atoms with E-state index in [1.165, 1.54) is 34.2 Å². The Morgan fingerprint density at radius 2 is 1.84 bits per heavy atom. The summed E-state index contributed by atoms with van der Waals surface area (Å²) in [5.74, 6) is -1.04. The molecular formula is C20H17F4N7O. The molecule has 8 nitrogen and oxygen atoms in total. The largest absolute Gasteiger partial charge is 0.433 e. The zero-order valence-corrected chi connectivity index (χ0v) is 16.6. The van der Waals surface area contributed by atoms with Gasteiger partial charge >= 0.3 is 6.18 Å². The van der Waals surface area contributed by atoms with Gasteiger partial charge in [-0.15, -0.1) is 0 Å². The minimum atomic E-state index is -4.57. The summed E-state index contributed by atoms with van der Waals surface area (Å²) >= 11 is 0. The first kappa shape index (κ1) is 20.3. The van der Waals surface area contributed by atoms with Crippen molar-refractivity contribution in [1.82, 2.24) is 29.9 Å². The number of fused-ring (bicyclic) bond motifs is 1. The van der Waals surface area contributed by atoms with Crippen LogP contribution in [-0.2, 0) is 6.18 Å². The second-order valence-corrected chi connectivity index (χ2v) is 7.71. The molecule has 5 rings (SSSR count). The average Bonchev–Trinajstić information content (AvgIpc) is 3.28. The first-order valence-electron chi connectivity index (χ1n) is 9.94. The van der Waals surface area contributed by atoms with Gasteiger partial charge in [0.1, 0.15) is 22.8 Å². The van der Waals surface area contributed by atoms with Crippen molar-refractivity contribution in [3.05, 3.63) is 59.9 Å². The van der Waals surface area contributed by atoms with E-state index in [9.17, 15) is 22.4 Å². The number of carbonyl (C=O) groups excluding carboxylic acids is 1. The third-order valence-electron chi connectivity index (χ3n) is 5.87. The fourth-order valence-corrected chi connectivity index (χ4v) is 4.24. The number of aromatic nitrogens is 5. The highest BCUT2D eigenvalue weighted by Crippen LogP contribution is 2.37. The molecule has 2 saturated heterocycles. The summed E-state index contributed by atoms with van der Waals surface area (Å²) in [4.78, 5) is 25.2. The highest BCUT2D eigenvalue weighted by Gasteiger charge is 2.46. The normalized spacial score (nSPS) is 20.6. The number of hydrogen-bond acceptors (Lipinski definition) is 6. The Morgan fingerprint density at radius 1 is 1.06 bits per heavy atom. The van der Waals surface area contributed by atoms with Crippen LogP contribution < -0.4 is 4.90 Å². The van der Waals surface area contributed by atoms with E-state index < -0.39 is 23.6 Å². The lowest BCUT2D eigenvalue weighted by molar-refractivity contribution is -0.141. The highest BCUT2D eigenvalue weighted by atomic mass is 19.4. The Labute approximate surface area is 179 Å². The number of amides is 1. The van der Waals surface area contributed by atoms with E-state index in [0.29, 0.717) is 19.5 Å². The van der Waals surface area contributed by atoms with E-state index in [1.807, 2.05) is 0 Å². The van der Waals surface area contributed by atoms with Gasteiger partial charge in [0.2, 0.25) is 5.95 Å². The Balaban J connectivity index is 1.39. The monoisotopic (exact) mass is 447 g/mol. The summed E-state index contributed by atoms with van der Waals surface area (Å²) in [5.41, 5.74) is -0.949. The first-order valence-corrected chi connectivity index (χ1v) is 9.94. The van der Waals surface area contributed by atoms with Crippen molar-refractivity contribution in [3.63, 3.8) is 0 Å². The van der Waals surface area contributed by atoms with Crippen LogP contribution in [0.4, 0.5) is 23.5 Å². The van der Waals surface area contributed by atoms with Crippen LogP contribution in [0.3, 0.4) is 0 Å². The van der Waals surface area contributed by atoms with Crippen LogP contribution in [0.2, 0.25) is 0 Å². The van der Waals surface area contributed by atoms with Crippen LogP contribution in [0.15, 0.2) is 42.9 Å². The molecule has 0 N–H and O–H groups in total. The fraction of sp³-hybridized carbons (Fsp3) is 0.350. The van der Waals surface area contributed by atoms with Gasteiger partial charge in [0.15, 0.2) is 0 Å². The van der Waals surface area contributed by atoms with E-state index in [0.717, 1.165) is 12.3 Å². The maximum absolute atomic E-state index is 14.7. The molecule has 1 amide bonds. The van der Waals surface area contributed by atoms with Gasteiger partial charge in [0, 0.05) is 31.7 Å². The summed E-state index contributed by atoms with van der Waals surface area (Å²) in [5, 5.41) is 7.97. The molecule has 0 saturated carbocycles. The molecule has 32 heavy (non-hydrogen) atoms. The van der Waals surface area contributed by atoms with Crippen molar-refractivity contribution in [2.24, 2.45) is 5.92 Å². The predicted molar refractivity (Wildman–Crippen MR) is 103 cm³/mol. The summed E-state index contributed by atoms with van der Waals surface area (Å²) < 4.78 is 53.8. The third kappa shape index (κ3) is 3.45. The fourth-order valence-electron chi connectivity index (χ4n) is 4.24. The molecule has 0 radical (unpaired) electrons. The topological polar surface area (TPSA) is 80.0 Å². The third-order valence-corrected chi connectivity index (χ3v) is 5.87. The van der Waals surface area contributed by atoms with Crippen LogP contribution in [0.25, 0.3) is 5.69 Å². The van der Waals surface area contributed by atoms with Crippen LogP contribution in [0.5, 0.6) is 0 Å². The molecule has 166 valence electrons. The van der Waals surface area contributed by atoms with Crippen LogP contribution in [-0.4, -0.2) is 61.4 Å².